The average Bonchev–Trinajstić information content (AvgIpc) is 2.60. The smallest absolute Gasteiger partial charge is 0.289 e. The predicted molar refractivity (Wildman–Crippen MR) is 102 cm³/mol. The Kier molecular flexibility index (Phi) is 5.38. The Hall–Kier alpha value is -2.34. The number of nitrogens with zero attached hydrogens (tertiary/aromatic N) is 4. The first kappa shape index (κ1) is 17.5. The maximum Gasteiger partial charge on any atom is 0.289 e. The van der Waals surface area contributed by atoms with Crippen LogP contribution < -0.4 is 16.2 Å². The Morgan fingerprint density at radius 1 is 1.04 bits per heavy atom. The number of nitrogen functional groups attached to an aromatic ring is 1. The van der Waals surface area contributed by atoms with E-state index in [4.69, 9.17) is 5.73 Å². The van der Waals surface area contributed by atoms with Gasteiger partial charge in [-0.05, 0) is 38.5 Å². The lowest BCUT2D eigenvalue weighted by atomic mass is 10.2. The third kappa shape index (κ3) is 4.39. The van der Waals surface area contributed by atoms with Crippen LogP contribution >= 0.6 is 0 Å². The number of rotatable bonds is 5. The maximum atomic E-state index is 12.0. The number of piperazine rings is 1. The first-order valence-electron chi connectivity index (χ1n) is 8.91. The highest BCUT2D eigenvalue weighted by atomic mass is 16.1. The topological polar surface area (TPSA) is 67.4 Å². The lowest BCUT2D eigenvalue weighted by Gasteiger charge is -2.36. The largest absolute Gasteiger partial charge is 0.394 e. The van der Waals surface area contributed by atoms with Crippen LogP contribution in [0.1, 0.15) is 17.7 Å². The van der Waals surface area contributed by atoms with Crippen LogP contribution in [0.5, 0.6) is 0 Å². The molecule has 2 heterocycles. The van der Waals surface area contributed by atoms with Gasteiger partial charge in [-0.15, -0.1) is 0 Å². The zero-order valence-corrected chi connectivity index (χ0v) is 15.1. The van der Waals surface area contributed by atoms with Crippen molar-refractivity contribution in [1.82, 2.24) is 14.7 Å². The molecule has 2 aromatic rings. The summed E-state index contributed by atoms with van der Waals surface area (Å²) in [6.45, 7) is 9.74. The monoisotopic (exact) mass is 341 g/mol. The lowest BCUT2D eigenvalue weighted by Crippen LogP contribution is -2.46. The number of aryl methyl sites for hydroxylation is 3. The molecule has 0 aliphatic carbocycles. The van der Waals surface area contributed by atoms with Crippen molar-refractivity contribution >= 4 is 11.4 Å². The summed E-state index contributed by atoms with van der Waals surface area (Å²) in [5.41, 5.74) is 9.20. The standard InChI is InChI=1S/C19H27N5O/c1-15-4-6-17(7-5-15)23-12-10-22(11-13-23)8-3-9-24-19(25)18(20)14-16(2)21-24/h4-7,14H,3,8-13,20H2,1-2H3. The molecule has 0 atom stereocenters. The van der Waals surface area contributed by atoms with E-state index >= 15 is 0 Å². The van der Waals surface area contributed by atoms with Gasteiger partial charge in [0.1, 0.15) is 5.69 Å². The number of benzene rings is 1. The molecule has 25 heavy (non-hydrogen) atoms. The van der Waals surface area contributed by atoms with Crippen molar-refractivity contribution in [3.8, 4) is 0 Å². The molecule has 6 heteroatoms. The molecule has 0 unspecified atom stereocenters. The molecule has 0 radical (unpaired) electrons. The van der Waals surface area contributed by atoms with E-state index in [-0.39, 0.29) is 11.2 Å². The highest BCUT2D eigenvalue weighted by Crippen LogP contribution is 2.17. The molecule has 1 aliphatic rings. The van der Waals surface area contributed by atoms with Gasteiger partial charge in [0.25, 0.3) is 5.56 Å². The first-order chi connectivity index (χ1) is 12.0. The summed E-state index contributed by atoms with van der Waals surface area (Å²) in [5, 5.41) is 4.27. The zero-order chi connectivity index (χ0) is 17.8. The van der Waals surface area contributed by atoms with E-state index in [1.807, 2.05) is 6.92 Å². The molecule has 3 rings (SSSR count). The molecule has 1 fully saturated rings. The number of nitrogens with two attached hydrogens (primary N) is 1. The van der Waals surface area contributed by atoms with Crippen LogP contribution in [-0.4, -0.2) is 47.4 Å². The normalized spacial score (nSPS) is 15.5. The Morgan fingerprint density at radius 2 is 1.72 bits per heavy atom. The molecule has 0 spiro atoms. The van der Waals surface area contributed by atoms with Gasteiger partial charge in [-0.1, -0.05) is 17.7 Å². The van der Waals surface area contributed by atoms with Gasteiger partial charge in [0.2, 0.25) is 0 Å². The van der Waals surface area contributed by atoms with Gasteiger partial charge in [-0.25, -0.2) is 4.68 Å². The van der Waals surface area contributed by atoms with Crippen molar-refractivity contribution in [2.24, 2.45) is 0 Å². The third-order valence-corrected chi connectivity index (χ3v) is 4.74. The minimum Gasteiger partial charge on any atom is -0.394 e. The molecule has 1 aromatic heterocycles. The quantitative estimate of drug-likeness (QED) is 0.896. The minimum atomic E-state index is -0.185. The molecular weight excluding hydrogens is 314 g/mol. The van der Waals surface area contributed by atoms with Gasteiger partial charge in [-0.2, -0.15) is 5.10 Å². The highest BCUT2D eigenvalue weighted by Gasteiger charge is 2.16. The molecule has 0 saturated carbocycles. The summed E-state index contributed by atoms with van der Waals surface area (Å²) < 4.78 is 1.49. The van der Waals surface area contributed by atoms with Gasteiger partial charge < -0.3 is 10.6 Å². The van der Waals surface area contributed by atoms with Crippen molar-refractivity contribution in [2.45, 2.75) is 26.8 Å². The second kappa shape index (κ2) is 7.70. The highest BCUT2D eigenvalue weighted by molar-refractivity contribution is 5.47. The van der Waals surface area contributed by atoms with Crippen molar-refractivity contribution < 1.29 is 0 Å². The van der Waals surface area contributed by atoms with E-state index in [9.17, 15) is 4.79 Å². The molecule has 2 N–H and O–H groups in total. The second-order valence-electron chi connectivity index (χ2n) is 6.79. The Bertz CT molecular complexity index is 760. The van der Waals surface area contributed by atoms with Crippen LogP contribution in [0.15, 0.2) is 35.1 Å². The van der Waals surface area contributed by atoms with E-state index in [2.05, 4.69) is 46.1 Å². The van der Waals surface area contributed by atoms with Crippen molar-refractivity contribution in [2.75, 3.05) is 43.4 Å². The summed E-state index contributed by atoms with van der Waals surface area (Å²) in [4.78, 5) is 16.9. The number of anilines is 2. The molecule has 134 valence electrons. The molecular formula is C19H27N5O. The van der Waals surface area contributed by atoms with E-state index in [1.54, 1.807) is 6.07 Å². The SMILES string of the molecule is Cc1ccc(N2CCN(CCCn3nc(C)cc(N)c3=O)CC2)cc1. The zero-order valence-electron chi connectivity index (χ0n) is 15.1. The van der Waals surface area contributed by atoms with Crippen LogP contribution in [0.3, 0.4) is 0 Å². The van der Waals surface area contributed by atoms with Crippen LogP contribution in [0.4, 0.5) is 11.4 Å². The summed E-state index contributed by atoms with van der Waals surface area (Å²) in [5.74, 6) is 0. The van der Waals surface area contributed by atoms with Crippen LogP contribution in [0.25, 0.3) is 0 Å². The van der Waals surface area contributed by atoms with Gasteiger partial charge in [0, 0.05) is 45.0 Å². The molecule has 1 saturated heterocycles. The van der Waals surface area contributed by atoms with Crippen molar-refractivity contribution in [3.05, 3.63) is 51.9 Å². The van der Waals surface area contributed by atoms with Crippen LogP contribution in [0.2, 0.25) is 0 Å². The van der Waals surface area contributed by atoms with E-state index in [0.717, 1.165) is 44.8 Å². The number of hydrogen-bond acceptors (Lipinski definition) is 5. The lowest BCUT2D eigenvalue weighted by molar-refractivity contribution is 0.248. The van der Waals surface area contributed by atoms with E-state index < -0.39 is 0 Å². The summed E-state index contributed by atoms with van der Waals surface area (Å²) in [6, 6.07) is 10.4. The first-order valence-corrected chi connectivity index (χ1v) is 8.91. The van der Waals surface area contributed by atoms with Gasteiger partial charge in [0.15, 0.2) is 0 Å². The van der Waals surface area contributed by atoms with Gasteiger partial charge >= 0.3 is 0 Å². The Balaban J connectivity index is 1.47. The molecule has 0 bridgehead atoms. The fourth-order valence-electron chi connectivity index (χ4n) is 3.28. The van der Waals surface area contributed by atoms with E-state index in [0.29, 0.717) is 6.54 Å². The third-order valence-electron chi connectivity index (χ3n) is 4.74. The summed E-state index contributed by atoms with van der Waals surface area (Å²) in [7, 11) is 0. The summed E-state index contributed by atoms with van der Waals surface area (Å²) >= 11 is 0. The second-order valence-corrected chi connectivity index (χ2v) is 6.79. The van der Waals surface area contributed by atoms with Crippen LogP contribution in [0, 0.1) is 13.8 Å². The van der Waals surface area contributed by atoms with Crippen molar-refractivity contribution in [3.63, 3.8) is 0 Å². The number of hydrogen-bond donors (Lipinski definition) is 1. The summed E-state index contributed by atoms with van der Waals surface area (Å²) in [6.07, 6.45) is 0.903. The molecule has 1 aliphatic heterocycles. The van der Waals surface area contributed by atoms with E-state index in [1.165, 1.54) is 15.9 Å². The fraction of sp³-hybridized carbons (Fsp3) is 0.474. The molecule has 1 aromatic carbocycles. The fourth-order valence-corrected chi connectivity index (χ4v) is 3.28. The predicted octanol–water partition coefficient (Wildman–Crippen LogP) is 1.65. The Morgan fingerprint density at radius 3 is 2.40 bits per heavy atom. The van der Waals surface area contributed by atoms with Crippen molar-refractivity contribution in [1.29, 1.82) is 0 Å². The molecule has 0 amide bonds. The Labute approximate surface area is 148 Å². The molecule has 6 nitrogen and oxygen atoms in total. The van der Waals surface area contributed by atoms with Crippen LogP contribution in [-0.2, 0) is 6.54 Å². The maximum absolute atomic E-state index is 12.0. The van der Waals surface area contributed by atoms with Gasteiger partial charge in [-0.3, -0.25) is 9.69 Å². The van der Waals surface area contributed by atoms with Gasteiger partial charge in [0.05, 0.1) is 5.69 Å². The minimum absolute atomic E-state index is 0.185. The number of aromatic nitrogens is 2. The average molecular weight is 341 g/mol.